The zero-order valence-electron chi connectivity index (χ0n) is 13.5. The molecule has 1 unspecified atom stereocenters. The highest BCUT2D eigenvalue weighted by atomic mass is 16.3. The number of aliphatic hydroxyl groups excluding tert-OH is 1. The van der Waals surface area contributed by atoms with E-state index in [4.69, 9.17) is 0 Å². The first-order chi connectivity index (χ1) is 11.1. The van der Waals surface area contributed by atoms with Gasteiger partial charge in [-0.25, -0.2) is 4.98 Å². The summed E-state index contributed by atoms with van der Waals surface area (Å²) in [5.74, 6) is 0.509. The highest BCUT2D eigenvalue weighted by molar-refractivity contribution is 5.93. The summed E-state index contributed by atoms with van der Waals surface area (Å²) < 4.78 is 0. The maximum Gasteiger partial charge on any atom is 0.252 e. The molecule has 3 N–H and O–H groups in total. The largest absolute Gasteiger partial charge is 0.387 e. The van der Waals surface area contributed by atoms with Crippen LogP contribution in [0.5, 0.6) is 0 Å². The van der Waals surface area contributed by atoms with Gasteiger partial charge in [-0.2, -0.15) is 0 Å². The number of hydrogen-bond acceptors (Lipinski definition) is 4. The van der Waals surface area contributed by atoms with Gasteiger partial charge in [-0.1, -0.05) is 36.8 Å². The number of hydrogen-bond donors (Lipinski definition) is 3. The van der Waals surface area contributed by atoms with Crippen molar-refractivity contribution in [2.24, 2.45) is 0 Å². The number of anilines is 1. The monoisotopic (exact) mass is 313 g/mol. The van der Waals surface area contributed by atoms with Gasteiger partial charge in [0.1, 0.15) is 5.82 Å². The molecule has 5 nitrogen and oxygen atoms in total. The third-order valence-corrected chi connectivity index (χ3v) is 3.46. The van der Waals surface area contributed by atoms with E-state index in [1.54, 1.807) is 12.1 Å². The first kappa shape index (κ1) is 17.0. The van der Waals surface area contributed by atoms with Crippen LogP contribution in [-0.2, 0) is 0 Å². The van der Waals surface area contributed by atoms with Gasteiger partial charge >= 0.3 is 0 Å². The molecule has 0 saturated carbocycles. The number of carbonyl (C=O) groups is 1. The van der Waals surface area contributed by atoms with E-state index in [9.17, 15) is 9.90 Å². The van der Waals surface area contributed by atoms with Gasteiger partial charge in [-0.05, 0) is 31.0 Å². The Balaban J connectivity index is 1.90. The zero-order valence-corrected chi connectivity index (χ0v) is 13.5. The van der Waals surface area contributed by atoms with E-state index in [1.165, 1.54) is 6.20 Å². The van der Waals surface area contributed by atoms with Crippen LogP contribution < -0.4 is 10.6 Å². The number of pyridine rings is 1. The Hall–Kier alpha value is -2.40. The number of aliphatic hydroxyl groups is 1. The summed E-state index contributed by atoms with van der Waals surface area (Å²) in [6.07, 6.45) is 1.83. The highest BCUT2D eigenvalue weighted by Gasteiger charge is 2.09. The van der Waals surface area contributed by atoms with Crippen LogP contribution in [0.4, 0.5) is 5.82 Å². The molecule has 0 bridgehead atoms. The molecule has 122 valence electrons. The fraction of sp³-hybridized carbons (Fsp3) is 0.333. The van der Waals surface area contributed by atoms with Gasteiger partial charge in [0.2, 0.25) is 0 Å². The number of aryl methyl sites for hydroxylation is 1. The number of aromatic nitrogens is 1. The molecule has 0 aliphatic rings. The Morgan fingerprint density at radius 1 is 1.30 bits per heavy atom. The number of carbonyl (C=O) groups excluding carboxylic acids is 1. The van der Waals surface area contributed by atoms with Gasteiger partial charge in [0.05, 0.1) is 11.7 Å². The first-order valence-electron chi connectivity index (χ1n) is 7.83. The molecular weight excluding hydrogens is 290 g/mol. The molecule has 0 aliphatic carbocycles. The minimum absolute atomic E-state index is 0.120. The zero-order chi connectivity index (χ0) is 16.7. The average molecular weight is 313 g/mol. The van der Waals surface area contributed by atoms with Crippen molar-refractivity contribution in [1.82, 2.24) is 10.3 Å². The molecule has 2 rings (SSSR count). The van der Waals surface area contributed by atoms with Crippen molar-refractivity contribution in [3.05, 3.63) is 59.3 Å². The minimum Gasteiger partial charge on any atom is -0.387 e. The third kappa shape index (κ3) is 5.07. The van der Waals surface area contributed by atoms with Gasteiger partial charge in [-0.3, -0.25) is 4.79 Å². The lowest BCUT2D eigenvalue weighted by atomic mass is 10.1. The van der Waals surface area contributed by atoms with Crippen molar-refractivity contribution >= 4 is 11.7 Å². The predicted molar refractivity (Wildman–Crippen MR) is 91.5 cm³/mol. The first-order valence-corrected chi connectivity index (χ1v) is 7.83. The maximum absolute atomic E-state index is 11.8. The molecule has 0 spiro atoms. The van der Waals surface area contributed by atoms with E-state index in [-0.39, 0.29) is 5.91 Å². The SMILES string of the molecule is CCCNC(=O)c1ccc(NCC(O)c2cccc(C)c2)nc1. The van der Waals surface area contributed by atoms with E-state index < -0.39 is 6.10 Å². The molecule has 0 radical (unpaired) electrons. The number of amides is 1. The van der Waals surface area contributed by atoms with Gasteiger partial charge in [-0.15, -0.1) is 0 Å². The quantitative estimate of drug-likeness (QED) is 0.735. The molecule has 1 aromatic heterocycles. The van der Waals surface area contributed by atoms with E-state index in [0.29, 0.717) is 24.5 Å². The second-order valence-electron chi connectivity index (χ2n) is 5.50. The van der Waals surface area contributed by atoms with Crippen molar-refractivity contribution in [3.63, 3.8) is 0 Å². The molecule has 23 heavy (non-hydrogen) atoms. The molecule has 0 fully saturated rings. The van der Waals surface area contributed by atoms with E-state index in [1.807, 2.05) is 38.1 Å². The Bertz CT molecular complexity index is 641. The van der Waals surface area contributed by atoms with E-state index in [2.05, 4.69) is 15.6 Å². The predicted octanol–water partition coefficient (Wildman–Crippen LogP) is 2.68. The molecule has 0 aliphatic heterocycles. The van der Waals surface area contributed by atoms with Crippen LogP contribution >= 0.6 is 0 Å². The Morgan fingerprint density at radius 2 is 2.13 bits per heavy atom. The van der Waals surface area contributed by atoms with Crippen LogP contribution in [0.15, 0.2) is 42.6 Å². The maximum atomic E-state index is 11.8. The normalized spacial score (nSPS) is 11.8. The number of nitrogens with one attached hydrogen (secondary N) is 2. The lowest BCUT2D eigenvalue weighted by Crippen LogP contribution is -2.24. The summed E-state index contributed by atoms with van der Waals surface area (Å²) in [4.78, 5) is 16.0. The summed E-state index contributed by atoms with van der Waals surface area (Å²) in [6, 6.07) is 11.2. The Morgan fingerprint density at radius 3 is 2.78 bits per heavy atom. The van der Waals surface area contributed by atoms with Gasteiger partial charge in [0.15, 0.2) is 0 Å². The average Bonchev–Trinajstić information content (AvgIpc) is 2.58. The van der Waals surface area contributed by atoms with Crippen molar-refractivity contribution < 1.29 is 9.90 Å². The van der Waals surface area contributed by atoms with E-state index in [0.717, 1.165) is 17.5 Å². The standard InChI is InChI=1S/C18H23N3O2/c1-3-9-19-18(23)15-7-8-17(20-11-15)21-12-16(22)14-6-4-5-13(2)10-14/h4-8,10-11,16,22H,3,9,12H2,1-2H3,(H,19,23)(H,20,21). The molecule has 2 aromatic rings. The summed E-state index contributed by atoms with van der Waals surface area (Å²) in [7, 11) is 0. The number of rotatable bonds is 7. The summed E-state index contributed by atoms with van der Waals surface area (Å²) in [6.45, 7) is 5.01. The summed E-state index contributed by atoms with van der Waals surface area (Å²) in [5, 5.41) is 16.1. The van der Waals surface area contributed by atoms with Crippen LogP contribution in [-0.4, -0.2) is 29.1 Å². The highest BCUT2D eigenvalue weighted by Crippen LogP contribution is 2.15. The van der Waals surface area contributed by atoms with Crippen LogP contribution in [0, 0.1) is 6.92 Å². The van der Waals surface area contributed by atoms with Crippen LogP contribution in [0.25, 0.3) is 0 Å². The van der Waals surface area contributed by atoms with E-state index >= 15 is 0 Å². The van der Waals surface area contributed by atoms with Crippen LogP contribution in [0.3, 0.4) is 0 Å². The van der Waals surface area contributed by atoms with Crippen molar-refractivity contribution in [3.8, 4) is 0 Å². The smallest absolute Gasteiger partial charge is 0.252 e. The number of benzene rings is 1. The second-order valence-corrected chi connectivity index (χ2v) is 5.50. The molecular formula is C18H23N3O2. The molecule has 1 aromatic carbocycles. The summed E-state index contributed by atoms with van der Waals surface area (Å²) >= 11 is 0. The molecule has 0 saturated heterocycles. The van der Waals surface area contributed by atoms with Crippen molar-refractivity contribution in [1.29, 1.82) is 0 Å². The number of nitrogens with zero attached hydrogens (tertiary/aromatic N) is 1. The molecule has 1 heterocycles. The fourth-order valence-electron chi connectivity index (χ4n) is 2.17. The van der Waals surface area contributed by atoms with Crippen molar-refractivity contribution in [2.45, 2.75) is 26.4 Å². The lowest BCUT2D eigenvalue weighted by Gasteiger charge is -2.13. The minimum atomic E-state index is -0.607. The van der Waals surface area contributed by atoms with Gasteiger partial charge in [0, 0.05) is 19.3 Å². The van der Waals surface area contributed by atoms with Crippen LogP contribution in [0.2, 0.25) is 0 Å². The van der Waals surface area contributed by atoms with Crippen LogP contribution in [0.1, 0.15) is 40.9 Å². The Kier molecular flexibility index (Phi) is 6.11. The topological polar surface area (TPSA) is 74.2 Å². The second kappa shape index (κ2) is 8.29. The van der Waals surface area contributed by atoms with Crippen molar-refractivity contribution in [2.75, 3.05) is 18.4 Å². The van der Waals surface area contributed by atoms with Gasteiger partial charge in [0.25, 0.3) is 5.91 Å². The molecule has 1 atom stereocenters. The Labute approximate surface area is 136 Å². The molecule has 1 amide bonds. The summed E-state index contributed by atoms with van der Waals surface area (Å²) in [5.41, 5.74) is 2.51. The third-order valence-electron chi connectivity index (χ3n) is 3.46. The lowest BCUT2D eigenvalue weighted by molar-refractivity contribution is 0.0953. The fourth-order valence-corrected chi connectivity index (χ4v) is 2.17. The molecule has 5 heteroatoms. The van der Waals surface area contributed by atoms with Gasteiger partial charge < -0.3 is 15.7 Å².